The van der Waals surface area contributed by atoms with E-state index in [0.29, 0.717) is 6.10 Å². The van der Waals surface area contributed by atoms with Crippen LogP contribution < -0.4 is 5.73 Å². The second-order valence-electron chi connectivity index (χ2n) is 4.82. The lowest BCUT2D eigenvalue weighted by Gasteiger charge is -2.31. The molecule has 0 amide bonds. The van der Waals surface area contributed by atoms with Gasteiger partial charge in [-0.15, -0.1) is 0 Å². The normalized spacial score (nSPS) is 17.8. The van der Waals surface area contributed by atoms with Crippen LogP contribution in [-0.4, -0.2) is 37.0 Å². The minimum Gasteiger partial charge on any atom is -0.384 e. The molecule has 0 bridgehead atoms. The highest BCUT2D eigenvalue weighted by atomic mass is 16.5. The van der Waals surface area contributed by atoms with E-state index >= 15 is 0 Å². The van der Waals surface area contributed by atoms with E-state index in [1.807, 2.05) is 12.1 Å². The van der Waals surface area contributed by atoms with Crippen LogP contribution in [0.1, 0.15) is 24.0 Å². The Hall–Kier alpha value is -1.39. The van der Waals surface area contributed by atoms with Crippen LogP contribution in [0.15, 0.2) is 24.3 Å². The molecule has 0 radical (unpaired) electrons. The highest BCUT2D eigenvalue weighted by Gasteiger charge is 2.18. The Morgan fingerprint density at radius 2 is 1.94 bits per heavy atom. The molecule has 1 aromatic rings. The summed E-state index contributed by atoms with van der Waals surface area (Å²) in [5.74, 6) is 0.127. The fraction of sp³-hybridized carbons (Fsp3) is 0.500. The van der Waals surface area contributed by atoms with Crippen LogP contribution in [0.4, 0.5) is 0 Å². The third kappa shape index (κ3) is 3.31. The van der Waals surface area contributed by atoms with E-state index in [2.05, 4.69) is 17.0 Å². The van der Waals surface area contributed by atoms with Crippen molar-refractivity contribution in [1.82, 2.24) is 4.90 Å². The van der Waals surface area contributed by atoms with Crippen LogP contribution in [-0.2, 0) is 11.3 Å². The van der Waals surface area contributed by atoms with Crippen LogP contribution in [0.3, 0.4) is 0 Å². The van der Waals surface area contributed by atoms with E-state index in [1.54, 1.807) is 7.11 Å². The first-order valence-electron chi connectivity index (χ1n) is 6.37. The number of piperidine rings is 1. The molecule has 3 N–H and O–H groups in total. The van der Waals surface area contributed by atoms with Crippen molar-refractivity contribution in [3.05, 3.63) is 35.4 Å². The summed E-state index contributed by atoms with van der Waals surface area (Å²) in [6.07, 6.45) is 2.66. The van der Waals surface area contributed by atoms with Crippen LogP contribution >= 0.6 is 0 Å². The predicted octanol–water partition coefficient (Wildman–Crippen LogP) is 1.58. The third-order valence-corrected chi connectivity index (χ3v) is 3.54. The third-order valence-electron chi connectivity index (χ3n) is 3.54. The van der Waals surface area contributed by atoms with Crippen molar-refractivity contribution >= 4 is 5.84 Å². The predicted molar refractivity (Wildman–Crippen MR) is 72.8 cm³/mol. The molecule has 4 heteroatoms. The molecular weight excluding hydrogens is 226 g/mol. The van der Waals surface area contributed by atoms with Gasteiger partial charge < -0.3 is 10.5 Å². The molecule has 0 aliphatic carbocycles. The minimum atomic E-state index is 0.127. The molecule has 1 aliphatic rings. The van der Waals surface area contributed by atoms with Gasteiger partial charge in [0.2, 0.25) is 0 Å². The first-order valence-corrected chi connectivity index (χ1v) is 6.37. The number of nitrogens with zero attached hydrogens (tertiary/aromatic N) is 1. The topological polar surface area (TPSA) is 62.3 Å². The van der Waals surface area contributed by atoms with Gasteiger partial charge in [0, 0.05) is 32.3 Å². The summed E-state index contributed by atoms with van der Waals surface area (Å²) in [5, 5.41) is 7.36. The van der Waals surface area contributed by atoms with Crippen molar-refractivity contribution in [2.45, 2.75) is 25.5 Å². The Morgan fingerprint density at radius 3 is 2.44 bits per heavy atom. The number of nitrogens with one attached hydrogen (secondary N) is 1. The number of rotatable bonds is 4. The van der Waals surface area contributed by atoms with Crippen LogP contribution in [0.5, 0.6) is 0 Å². The lowest BCUT2D eigenvalue weighted by Crippen LogP contribution is -2.36. The molecule has 2 rings (SSSR count). The molecule has 0 spiro atoms. The Kier molecular flexibility index (Phi) is 4.33. The Balaban J connectivity index is 1.88. The summed E-state index contributed by atoms with van der Waals surface area (Å²) in [4.78, 5) is 2.44. The van der Waals surface area contributed by atoms with Gasteiger partial charge in [0.1, 0.15) is 5.84 Å². The fourth-order valence-electron chi connectivity index (χ4n) is 2.35. The maximum atomic E-state index is 7.36. The minimum absolute atomic E-state index is 0.127. The summed E-state index contributed by atoms with van der Waals surface area (Å²) in [5.41, 5.74) is 7.50. The molecule has 1 saturated heterocycles. The summed E-state index contributed by atoms with van der Waals surface area (Å²) < 4.78 is 5.37. The molecule has 18 heavy (non-hydrogen) atoms. The molecule has 0 unspecified atom stereocenters. The van der Waals surface area contributed by atoms with E-state index in [9.17, 15) is 0 Å². The number of amidine groups is 1. The summed E-state index contributed by atoms with van der Waals surface area (Å²) >= 11 is 0. The van der Waals surface area contributed by atoms with E-state index in [1.165, 1.54) is 5.56 Å². The van der Waals surface area contributed by atoms with Gasteiger partial charge in [-0.3, -0.25) is 10.3 Å². The zero-order chi connectivity index (χ0) is 13.0. The first-order chi connectivity index (χ1) is 8.69. The van der Waals surface area contributed by atoms with Gasteiger partial charge in [-0.05, 0) is 18.4 Å². The Bertz CT molecular complexity index is 394. The molecule has 0 saturated carbocycles. The van der Waals surface area contributed by atoms with Gasteiger partial charge in [0.25, 0.3) is 0 Å². The smallest absolute Gasteiger partial charge is 0.122 e. The highest BCUT2D eigenvalue weighted by molar-refractivity contribution is 5.94. The average molecular weight is 247 g/mol. The standard InChI is InChI=1S/C14H21N3O/c1-18-13-6-8-17(9-7-13)10-11-2-4-12(5-3-11)14(15)16/h2-5,13H,6-10H2,1H3,(H3,15,16). The number of hydrogen-bond acceptors (Lipinski definition) is 3. The molecule has 1 aliphatic heterocycles. The number of benzene rings is 1. The molecule has 98 valence electrons. The molecular formula is C14H21N3O. The number of ether oxygens (including phenoxy) is 1. The largest absolute Gasteiger partial charge is 0.384 e. The molecule has 0 atom stereocenters. The number of likely N-dealkylation sites (tertiary alicyclic amines) is 1. The van der Waals surface area contributed by atoms with E-state index in [0.717, 1.165) is 38.0 Å². The fourth-order valence-corrected chi connectivity index (χ4v) is 2.35. The molecule has 1 fully saturated rings. The van der Waals surface area contributed by atoms with Crippen LogP contribution in [0, 0.1) is 5.41 Å². The number of nitrogens with two attached hydrogens (primary N) is 1. The van der Waals surface area contributed by atoms with E-state index in [4.69, 9.17) is 15.9 Å². The monoisotopic (exact) mass is 247 g/mol. The van der Waals surface area contributed by atoms with Gasteiger partial charge >= 0.3 is 0 Å². The van der Waals surface area contributed by atoms with Gasteiger partial charge in [-0.1, -0.05) is 24.3 Å². The maximum Gasteiger partial charge on any atom is 0.122 e. The number of methoxy groups -OCH3 is 1. The molecule has 1 aromatic carbocycles. The van der Waals surface area contributed by atoms with Crippen molar-refractivity contribution in [3.8, 4) is 0 Å². The van der Waals surface area contributed by atoms with Crippen molar-refractivity contribution in [1.29, 1.82) is 5.41 Å². The molecule has 0 aromatic heterocycles. The molecule has 4 nitrogen and oxygen atoms in total. The summed E-state index contributed by atoms with van der Waals surface area (Å²) in [6.45, 7) is 3.15. The first kappa shape index (κ1) is 13.1. The SMILES string of the molecule is COC1CCN(Cc2ccc(C(=N)N)cc2)CC1. The van der Waals surface area contributed by atoms with Crippen molar-refractivity contribution in [3.63, 3.8) is 0 Å². The van der Waals surface area contributed by atoms with E-state index in [-0.39, 0.29) is 5.84 Å². The second-order valence-corrected chi connectivity index (χ2v) is 4.82. The summed E-state index contributed by atoms with van der Waals surface area (Å²) in [6, 6.07) is 7.94. The van der Waals surface area contributed by atoms with Crippen molar-refractivity contribution < 1.29 is 4.74 Å². The lowest BCUT2D eigenvalue weighted by molar-refractivity contribution is 0.0388. The Labute approximate surface area is 108 Å². The number of hydrogen-bond donors (Lipinski definition) is 2. The van der Waals surface area contributed by atoms with Gasteiger partial charge in [0.15, 0.2) is 0 Å². The highest BCUT2D eigenvalue weighted by Crippen LogP contribution is 2.15. The van der Waals surface area contributed by atoms with Crippen LogP contribution in [0.25, 0.3) is 0 Å². The molecule has 1 heterocycles. The van der Waals surface area contributed by atoms with Crippen molar-refractivity contribution in [2.24, 2.45) is 5.73 Å². The second kappa shape index (κ2) is 5.98. The van der Waals surface area contributed by atoms with E-state index < -0.39 is 0 Å². The Morgan fingerprint density at radius 1 is 1.33 bits per heavy atom. The van der Waals surface area contributed by atoms with Crippen molar-refractivity contribution in [2.75, 3.05) is 20.2 Å². The van der Waals surface area contributed by atoms with Crippen LogP contribution in [0.2, 0.25) is 0 Å². The maximum absolute atomic E-state index is 7.36. The van der Waals surface area contributed by atoms with Gasteiger partial charge in [-0.25, -0.2) is 0 Å². The number of nitrogen functional groups attached to an aromatic ring is 1. The zero-order valence-corrected chi connectivity index (χ0v) is 10.9. The van der Waals surface area contributed by atoms with Gasteiger partial charge in [0.05, 0.1) is 6.10 Å². The zero-order valence-electron chi connectivity index (χ0n) is 10.9. The average Bonchev–Trinajstić information content (AvgIpc) is 2.40. The quantitative estimate of drug-likeness (QED) is 0.627. The lowest BCUT2D eigenvalue weighted by atomic mass is 10.1. The van der Waals surface area contributed by atoms with Gasteiger partial charge in [-0.2, -0.15) is 0 Å². The summed E-state index contributed by atoms with van der Waals surface area (Å²) in [7, 11) is 1.79.